The Morgan fingerprint density at radius 3 is 2.35 bits per heavy atom. The van der Waals surface area contributed by atoms with Crippen molar-refractivity contribution < 1.29 is 33.0 Å². The third-order valence-corrected chi connectivity index (χ3v) is 8.59. The van der Waals surface area contributed by atoms with Crippen LogP contribution in [0.2, 0.25) is 0 Å². The molecule has 0 aliphatic carbocycles. The number of aromatic nitrogens is 2. The molecule has 1 N–H and O–H groups in total. The number of ketones is 1. The zero-order valence-electron chi connectivity index (χ0n) is 29.1. The Morgan fingerprint density at radius 1 is 0.979 bits per heavy atom. The van der Waals surface area contributed by atoms with Crippen LogP contribution < -0.4 is 15.0 Å². The van der Waals surface area contributed by atoms with Crippen molar-refractivity contribution in [1.82, 2.24) is 20.2 Å². The van der Waals surface area contributed by atoms with Crippen LogP contribution >= 0.6 is 0 Å². The van der Waals surface area contributed by atoms with Gasteiger partial charge in [-0.1, -0.05) is 0 Å². The zero-order valence-corrected chi connectivity index (χ0v) is 29.1. The Bertz CT molecular complexity index is 1700. The highest BCUT2D eigenvalue weighted by molar-refractivity contribution is 6.00. The molecule has 12 heteroatoms. The Labute approximate surface area is 281 Å². The van der Waals surface area contributed by atoms with Gasteiger partial charge in [0.15, 0.2) is 11.6 Å². The van der Waals surface area contributed by atoms with Crippen LogP contribution in [0.15, 0.2) is 36.5 Å². The lowest BCUT2D eigenvalue weighted by molar-refractivity contribution is 0.00711. The van der Waals surface area contributed by atoms with Gasteiger partial charge in [-0.25, -0.2) is 19.0 Å². The molecule has 2 unspecified atom stereocenters. The molecule has 5 rings (SSSR count). The number of piperidine rings is 1. The summed E-state index contributed by atoms with van der Waals surface area (Å²) in [5, 5.41) is 3.21. The molecule has 3 aromatic rings. The number of carbonyl (C=O) groups excluding carboxylic acids is 3. The normalized spacial score (nSPS) is 18.9. The first kappa shape index (κ1) is 34.8. The fraction of sp³-hybridized carbons (Fsp3) is 0.528. The molecular formula is C36H46FN5O6. The van der Waals surface area contributed by atoms with E-state index in [1.54, 1.807) is 52.1 Å². The van der Waals surface area contributed by atoms with E-state index in [0.29, 0.717) is 41.8 Å². The van der Waals surface area contributed by atoms with E-state index < -0.39 is 29.2 Å². The second kappa shape index (κ2) is 13.2. The van der Waals surface area contributed by atoms with Crippen LogP contribution in [0.5, 0.6) is 5.75 Å². The number of benzene rings is 1. The van der Waals surface area contributed by atoms with E-state index in [0.717, 1.165) is 31.5 Å². The van der Waals surface area contributed by atoms with Gasteiger partial charge < -0.3 is 29.3 Å². The lowest BCUT2D eigenvalue weighted by Crippen LogP contribution is -2.48. The number of alkyl carbamates (subject to hydrolysis) is 1. The second-order valence-corrected chi connectivity index (χ2v) is 14.9. The summed E-state index contributed by atoms with van der Waals surface area (Å²) in [5.41, 5.74) is 1.42. The van der Waals surface area contributed by atoms with Gasteiger partial charge in [0, 0.05) is 60.5 Å². The molecule has 2 aromatic heterocycles. The largest absolute Gasteiger partial charge is 0.494 e. The van der Waals surface area contributed by atoms with Crippen molar-refractivity contribution in [3.63, 3.8) is 0 Å². The number of carbonyl (C=O) groups is 3. The van der Waals surface area contributed by atoms with Crippen LogP contribution in [0.25, 0.3) is 22.2 Å². The highest BCUT2D eigenvalue weighted by atomic mass is 19.1. The summed E-state index contributed by atoms with van der Waals surface area (Å²) < 4.78 is 31.3. The van der Waals surface area contributed by atoms with E-state index in [9.17, 15) is 14.4 Å². The number of rotatable bonds is 6. The predicted octanol–water partition coefficient (Wildman–Crippen LogP) is 6.77. The number of likely N-dealkylation sites (tertiary alicyclic amines) is 1. The molecule has 0 saturated carbocycles. The SMILES string of the molecule is COc1cc2nc(-c3ccc(C(=O)C(C)NC(=O)OC(C)(C)C)nc3)cc(N3CCC4(CCCN(C(=O)OC(C)(C)C)C4)C3)c2cc1F. The maximum atomic E-state index is 15.1. The third-order valence-electron chi connectivity index (χ3n) is 8.59. The summed E-state index contributed by atoms with van der Waals surface area (Å²) in [5.74, 6) is -0.765. The van der Waals surface area contributed by atoms with Gasteiger partial charge in [0.1, 0.15) is 16.9 Å². The quantitative estimate of drug-likeness (QED) is 0.285. The summed E-state index contributed by atoms with van der Waals surface area (Å²) in [6.07, 6.45) is 3.31. The summed E-state index contributed by atoms with van der Waals surface area (Å²) in [6.45, 7) is 15.1. The minimum Gasteiger partial charge on any atom is -0.494 e. The number of Topliss-reactive ketones (excluding diaryl/α,β-unsaturated/α-hetero) is 1. The van der Waals surface area contributed by atoms with Crippen LogP contribution in [0, 0.1) is 11.2 Å². The number of amides is 2. The Kier molecular flexibility index (Phi) is 9.58. The Hall–Kier alpha value is -4.48. The van der Waals surface area contributed by atoms with Gasteiger partial charge in [-0.05, 0) is 92.0 Å². The number of nitrogens with zero attached hydrogens (tertiary/aromatic N) is 4. The van der Waals surface area contributed by atoms with E-state index >= 15 is 4.39 Å². The fourth-order valence-electron chi connectivity index (χ4n) is 6.40. The summed E-state index contributed by atoms with van der Waals surface area (Å²) >= 11 is 0. The molecule has 2 saturated heterocycles. The molecule has 2 atom stereocenters. The average molecular weight is 664 g/mol. The van der Waals surface area contributed by atoms with Crippen molar-refractivity contribution in [2.24, 2.45) is 5.41 Å². The molecule has 2 aliphatic heterocycles. The minimum atomic E-state index is -0.848. The van der Waals surface area contributed by atoms with Gasteiger partial charge in [-0.3, -0.25) is 9.78 Å². The van der Waals surface area contributed by atoms with Crippen molar-refractivity contribution >= 4 is 34.6 Å². The average Bonchev–Trinajstić information content (AvgIpc) is 3.40. The number of ether oxygens (including phenoxy) is 3. The van der Waals surface area contributed by atoms with Crippen LogP contribution in [0.1, 0.15) is 78.2 Å². The van der Waals surface area contributed by atoms with Gasteiger partial charge in [-0.15, -0.1) is 0 Å². The number of hydrogen-bond donors (Lipinski definition) is 1. The van der Waals surface area contributed by atoms with Gasteiger partial charge in [0.25, 0.3) is 0 Å². The fourth-order valence-corrected chi connectivity index (χ4v) is 6.40. The maximum absolute atomic E-state index is 15.1. The maximum Gasteiger partial charge on any atom is 0.410 e. The molecule has 1 spiro atoms. The molecular weight excluding hydrogens is 617 g/mol. The van der Waals surface area contributed by atoms with Crippen molar-refractivity contribution in [2.45, 2.75) is 85.0 Å². The van der Waals surface area contributed by atoms with Crippen LogP contribution in [0.3, 0.4) is 0 Å². The number of anilines is 1. The van der Waals surface area contributed by atoms with Gasteiger partial charge in [-0.2, -0.15) is 0 Å². The van der Waals surface area contributed by atoms with E-state index in [2.05, 4.69) is 15.2 Å². The lowest BCUT2D eigenvalue weighted by Gasteiger charge is -2.40. The number of pyridine rings is 2. The smallest absolute Gasteiger partial charge is 0.410 e. The molecule has 11 nitrogen and oxygen atoms in total. The van der Waals surface area contributed by atoms with E-state index in [1.807, 2.05) is 31.7 Å². The molecule has 2 fully saturated rings. The zero-order chi connectivity index (χ0) is 35.0. The number of hydrogen-bond acceptors (Lipinski definition) is 9. The van der Waals surface area contributed by atoms with Crippen LogP contribution in [-0.4, -0.2) is 83.4 Å². The highest BCUT2D eigenvalue weighted by Crippen LogP contribution is 2.43. The Balaban J connectivity index is 1.42. The molecule has 0 bridgehead atoms. The summed E-state index contributed by atoms with van der Waals surface area (Å²) in [4.78, 5) is 51.5. The topological polar surface area (TPSA) is 123 Å². The predicted molar refractivity (Wildman–Crippen MR) is 181 cm³/mol. The molecule has 0 radical (unpaired) electrons. The van der Waals surface area contributed by atoms with Crippen LogP contribution in [-0.2, 0) is 9.47 Å². The first-order valence-electron chi connectivity index (χ1n) is 16.4. The van der Waals surface area contributed by atoms with E-state index in [-0.39, 0.29) is 28.7 Å². The van der Waals surface area contributed by atoms with Gasteiger partial charge >= 0.3 is 12.2 Å². The van der Waals surface area contributed by atoms with Gasteiger partial charge in [0.2, 0.25) is 5.78 Å². The Morgan fingerprint density at radius 2 is 1.71 bits per heavy atom. The third kappa shape index (κ3) is 7.96. The van der Waals surface area contributed by atoms with Gasteiger partial charge in [0.05, 0.1) is 24.4 Å². The molecule has 1 aromatic carbocycles. The molecule has 48 heavy (non-hydrogen) atoms. The van der Waals surface area contributed by atoms with E-state index in [1.165, 1.54) is 13.2 Å². The first-order chi connectivity index (χ1) is 22.5. The molecule has 2 amide bonds. The minimum absolute atomic E-state index is 0.0850. The number of fused-ring (bicyclic) bond motifs is 1. The summed E-state index contributed by atoms with van der Waals surface area (Å²) in [7, 11) is 1.41. The van der Waals surface area contributed by atoms with Crippen molar-refractivity contribution in [3.8, 4) is 17.0 Å². The van der Waals surface area contributed by atoms with Crippen molar-refractivity contribution in [2.75, 3.05) is 38.2 Å². The standard InChI is InChI=1S/C36H46FN5O6/c1-22(39-32(44)47-34(2,3)4)31(43)26-11-10-23(19-38-26)27-17-29(24-16-25(37)30(46-8)18-28(24)40-27)41-15-13-36(20-41)12-9-14-42(21-36)33(45)48-35(5,6)7/h10-11,16-19,22H,9,12-15,20-21H2,1-8H3,(H,39,44). The summed E-state index contributed by atoms with van der Waals surface area (Å²) in [6, 6.07) is 7.47. The first-order valence-corrected chi connectivity index (χ1v) is 16.4. The van der Waals surface area contributed by atoms with Crippen LogP contribution in [0.4, 0.5) is 19.7 Å². The number of halogens is 1. The number of nitrogens with one attached hydrogen (secondary N) is 1. The monoisotopic (exact) mass is 663 g/mol. The number of methoxy groups -OCH3 is 1. The van der Waals surface area contributed by atoms with Crippen molar-refractivity contribution in [1.29, 1.82) is 0 Å². The van der Waals surface area contributed by atoms with Crippen molar-refractivity contribution in [3.05, 3.63) is 48.0 Å². The van der Waals surface area contributed by atoms with E-state index in [4.69, 9.17) is 19.2 Å². The highest BCUT2D eigenvalue weighted by Gasteiger charge is 2.44. The molecule has 2 aliphatic rings. The molecule has 4 heterocycles. The second-order valence-electron chi connectivity index (χ2n) is 14.9. The lowest BCUT2D eigenvalue weighted by atomic mass is 9.79. The molecule has 258 valence electrons.